The maximum atomic E-state index is 5.66. The standard InChI is InChI=1S/C5H6ClN3/c1-7-5-3-9-8-2-4(5)6/h2-3H,1H3,(H,7,8). The van der Waals surface area contributed by atoms with Crippen LogP contribution in [0, 0.1) is 0 Å². The molecule has 1 rings (SSSR count). The van der Waals surface area contributed by atoms with Gasteiger partial charge in [0.1, 0.15) is 0 Å². The maximum Gasteiger partial charge on any atom is 0.0855 e. The summed E-state index contributed by atoms with van der Waals surface area (Å²) in [6.45, 7) is 0. The maximum absolute atomic E-state index is 5.66. The molecule has 0 saturated heterocycles. The Balaban J connectivity index is 3.01. The third kappa shape index (κ3) is 1.29. The molecule has 1 aromatic rings. The van der Waals surface area contributed by atoms with E-state index in [9.17, 15) is 0 Å². The zero-order valence-corrected chi connectivity index (χ0v) is 5.68. The Labute approximate surface area is 58.1 Å². The Bertz CT molecular complexity index is 201. The lowest BCUT2D eigenvalue weighted by atomic mass is 10.5. The first-order chi connectivity index (χ1) is 4.34. The second-order valence-electron chi connectivity index (χ2n) is 1.50. The van der Waals surface area contributed by atoms with Crippen molar-refractivity contribution in [1.82, 2.24) is 10.2 Å². The van der Waals surface area contributed by atoms with Crippen LogP contribution in [-0.2, 0) is 0 Å². The van der Waals surface area contributed by atoms with Gasteiger partial charge in [0.25, 0.3) is 0 Å². The van der Waals surface area contributed by atoms with Crippen molar-refractivity contribution in [2.45, 2.75) is 0 Å². The monoisotopic (exact) mass is 143 g/mol. The topological polar surface area (TPSA) is 37.8 Å². The predicted molar refractivity (Wildman–Crippen MR) is 36.6 cm³/mol. The highest BCUT2D eigenvalue weighted by molar-refractivity contribution is 6.32. The van der Waals surface area contributed by atoms with Gasteiger partial charge in [-0.15, -0.1) is 0 Å². The number of hydrogen-bond donors (Lipinski definition) is 1. The quantitative estimate of drug-likeness (QED) is 0.642. The molecule has 0 aliphatic rings. The summed E-state index contributed by atoms with van der Waals surface area (Å²) in [7, 11) is 1.78. The van der Waals surface area contributed by atoms with Crippen LogP contribution >= 0.6 is 11.6 Å². The fourth-order valence-electron chi connectivity index (χ4n) is 0.490. The van der Waals surface area contributed by atoms with E-state index in [0.29, 0.717) is 5.02 Å². The van der Waals surface area contributed by atoms with E-state index >= 15 is 0 Å². The van der Waals surface area contributed by atoms with Gasteiger partial charge in [-0.25, -0.2) is 0 Å². The van der Waals surface area contributed by atoms with Crippen LogP contribution in [0.2, 0.25) is 5.02 Å². The second-order valence-corrected chi connectivity index (χ2v) is 1.91. The minimum atomic E-state index is 0.590. The summed E-state index contributed by atoms with van der Waals surface area (Å²) in [5.41, 5.74) is 0.798. The molecule has 48 valence electrons. The van der Waals surface area contributed by atoms with Crippen molar-refractivity contribution in [2.24, 2.45) is 0 Å². The van der Waals surface area contributed by atoms with Crippen molar-refractivity contribution in [3.05, 3.63) is 17.4 Å². The first-order valence-electron chi connectivity index (χ1n) is 2.48. The van der Waals surface area contributed by atoms with E-state index in [-0.39, 0.29) is 0 Å². The first kappa shape index (κ1) is 6.29. The lowest BCUT2D eigenvalue weighted by Crippen LogP contribution is -1.90. The van der Waals surface area contributed by atoms with E-state index in [1.165, 1.54) is 6.20 Å². The molecule has 0 saturated carbocycles. The van der Waals surface area contributed by atoms with Gasteiger partial charge in [0.2, 0.25) is 0 Å². The van der Waals surface area contributed by atoms with Crippen LogP contribution in [0.25, 0.3) is 0 Å². The lowest BCUT2D eigenvalue weighted by Gasteiger charge is -1.97. The molecular formula is C5H6ClN3. The van der Waals surface area contributed by atoms with E-state index < -0.39 is 0 Å². The SMILES string of the molecule is CNc1cnncc1Cl. The minimum Gasteiger partial charge on any atom is -0.386 e. The van der Waals surface area contributed by atoms with Gasteiger partial charge >= 0.3 is 0 Å². The van der Waals surface area contributed by atoms with Crippen LogP contribution in [0.4, 0.5) is 5.69 Å². The van der Waals surface area contributed by atoms with E-state index in [1.54, 1.807) is 13.2 Å². The van der Waals surface area contributed by atoms with Gasteiger partial charge in [-0.3, -0.25) is 0 Å². The molecule has 0 fully saturated rings. The van der Waals surface area contributed by atoms with Crippen LogP contribution in [0.5, 0.6) is 0 Å². The molecule has 0 aliphatic heterocycles. The average molecular weight is 144 g/mol. The normalized spacial score (nSPS) is 9.11. The predicted octanol–water partition coefficient (Wildman–Crippen LogP) is 1.17. The molecular weight excluding hydrogens is 138 g/mol. The largest absolute Gasteiger partial charge is 0.386 e. The van der Waals surface area contributed by atoms with Crippen molar-refractivity contribution in [3.63, 3.8) is 0 Å². The van der Waals surface area contributed by atoms with Crippen LogP contribution < -0.4 is 5.32 Å². The molecule has 0 bridgehead atoms. The zero-order chi connectivity index (χ0) is 6.69. The van der Waals surface area contributed by atoms with Crippen LogP contribution in [0.1, 0.15) is 0 Å². The van der Waals surface area contributed by atoms with E-state index in [0.717, 1.165) is 5.69 Å². The minimum absolute atomic E-state index is 0.590. The Kier molecular flexibility index (Phi) is 1.85. The molecule has 0 atom stereocenters. The molecule has 0 radical (unpaired) electrons. The lowest BCUT2D eigenvalue weighted by molar-refractivity contribution is 1.03. The molecule has 3 nitrogen and oxygen atoms in total. The number of aromatic nitrogens is 2. The highest BCUT2D eigenvalue weighted by Crippen LogP contribution is 2.16. The molecule has 1 aromatic heterocycles. The molecule has 1 heterocycles. The number of anilines is 1. The van der Waals surface area contributed by atoms with E-state index in [2.05, 4.69) is 15.5 Å². The number of hydrogen-bond acceptors (Lipinski definition) is 3. The van der Waals surface area contributed by atoms with Gasteiger partial charge in [-0.2, -0.15) is 10.2 Å². The van der Waals surface area contributed by atoms with Gasteiger partial charge in [0, 0.05) is 7.05 Å². The Hall–Kier alpha value is -0.830. The summed E-state index contributed by atoms with van der Waals surface area (Å²) in [6, 6.07) is 0. The summed E-state index contributed by atoms with van der Waals surface area (Å²) in [4.78, 5) is 0. The average Bonchev–Trinajstić information content (AvgIpc) is 1.89. The molecule has 4 heteroatoms. The number of nitrogens with zero attached hydrogens (tertiary/aromatic N) is 2. The van der Waals surface area contributed by atoms with Crippen LogP contribution in [-0.4, -0.2) is 17.2 Å². The molecule has 9 heavy (non-hydrogen) atoms. The van der Waals surface area contributed by atoms with Crippen molar-refractivity contribution in [1.29, 1.82) is 0 Å². The smallest absolute Gasteiger partial charge is 0.0855 e. The summed E-state index contributed by atoms with van der Waals surface area (Å²) >= 11 is 5.66. The highest BCUT2D eigenvalue weighted by Gasteiger charge is 1.93. The molecule has 0 amide bonds. The molecule has 1 N–H and O–H groups in total. The van der Waals surface area contributed by atoms with Crippen LogP contribution in [0.15, 0.2) is 12.4 Å². The highest BCUT2D eigenvalue weighted by atomic mass is 35.5. The fourth-order valence-corrected chi connectivity index (χ4v) is 0.677. The summed E-state index contributed by atoms with van der Waals surface area (Å²) < 4.78 is 0. The van der Waals surface area contributed by atoms with Gasteiger partial charge in [-0.1, -0.05) is 11.6 Å². The third-order valence-electron chi connectivity index (χ3n) is 0.951. The van der Waals surface area contributed by atoms with Crippen LogP contribution in [0.3, 0.4) is 0 Å². The second kappa shape index (κ2) is 2.64. The zero-order valence-electron chi connectivity index (χ0n) is 4.93. The number of nitrogens with one attached hydrogen (secondary N) is 1. The van der Waals surface area contributed by atoms with Crippen molar-refractivity contribution in [3.8, 4) is 0 Å². The summed E-state index contributed by atoms with van der Waals surface area (Å²) in [5, 5.41) is 10.6. The number of rotatable bonds is 1. The van der Waals surface area contributed by atoms with E-state index in [1.807, 2.05) is 0 Å². The summed E-state index contributed by atoms with van der Waals surface area (Å²) in [6.07, 6.45) is 3.07. The molecule has 0 aromatic carbocycles. The van der Waals surface area contributed by atoms with Gasteiger partial charge in [-0.05, 0) is 0 Å². The first-order valence-corrected chi connectivity index (χ1v) is 2.86. The summed E-state index contributed by atoms with van der Waals surface area (Å²) in [5.74, 6) is 0. The van der Waals surface area contributed by atoms with Gasteiger partial charge < -0.3 is 5.32 Å². The fraction of sp³-hybridized carbons (Fsp3) is 0.200. The third-order valence-corrected chi connectivity index (χ3v) is 1.25. The Morgan fingerprint density at radius 2 is 2.11 bits per heavy atom. The Morgan fingerprint density at radius 3 is 2.56 bits per heavy atom. The molecule has 0 spiro atoms. The van der Waals surface area contributed by atoms with Crippen molar-refractivity contribution in [2.75, 3.05) is 12.4 Å². The number of halogens is 1. The van der Waals surface area contributed by atoms with Crippen molar-refractivity contribution < 1.29 is 0 Å². The van der Waals surface area contributed by atoms with Crippen molar-refractivity contribution >= 4 is 17.3 Å². The molecule has 0 unspecified atom stereocenters. The van der Waals surface area contributed by atoms with Gasteiger partial charge in [0.15, 0.2) is 0 Å². The molecule has 0 aliphatic carbocycles. The van der Waals surface area contributed by atoms with Gasteiger partial charge in [0.05, 0.1) is 23.1 Å². The Morgan fingerprint density at radius 1 is 1.44 bits per heavy atom. The van der Waals surface area contributed by atoms with E-state index in [4.69, 9.17) is 11.6 Å².